The van der Waals surface area contributed by atoms with E-state index in [0.29, 0.717) is 5.39 Å². The van der Waals surface area contributed by atoms with E-state index in [4.69, 9.17) is 32.8 Å². The molecular weight excluding hydrogens is 468 g/mol. The second-order valence-corrected chi connectivity index (χ2v) is 7.64. The predicted molar refractivity (Wildman–Crippen MR) is 115 cm³/mol. The van der Waals surface area contributed by atoms with E-state index in [0.717, 1.165) is 27.7 Å². The molecule has 1 fully saturated rings. The largest absolute Gasteiger partial charge is 0.462 e. The van der Waals surface area contributed by atoms with Crippen LogP contribution in [0.2, 0.25) is 0 Å². The van der Waals surface area contributed by atoms with Gasteiger partial charge in [0.2, 0.25) is 12.4 Å². The maximum absolute atomic E-state index is 11.8. The first kappa shape index (κ1) is 25.7. The highest BCUT2D eigenvalue weighted by molar-refractivity contribution is 5.77. The van der Waals surface area contributed by atoms with Gasteiger partial charge in [0.1, 0.15) is 24.0 Å². The molecule has 0 unspecified atom stereocenters. The van der Waals surface area contributed by atoms with Gasteiger partial charge in [-0.3, -0.25) is 19.2 Å². The maximum Gasteiger partial charge on any atom is 0.336 e. The molecule has 12 nitrogen and oxygen atoms in total. The van der Waals surface area contributed by atoms with Gasteiger partial charge in [-0.05, 0) is 18.2 Å². The van der Waals surface area contributed by atoms with Gasteiger partial charge in [-0.15, -0.1) is 0 Å². The van der Waals surface area contributed by atoms with Crippen LogP contribution in [0, 0.1) is 0 Å². The molecule has 0 spiro atoms. The van der Waals surface area contributed by atoms with Crippen molar-refractivity contribution in [3.8, 4) is 5.75 Å². The van der Waals surface area contributed by atoms with Gasteiger partial charge < -0.3 is 32.8 Å². The van der Waals surface area contributed by atoms with Crippen molar-refractivity contribution in [3.05, 3.63) is 40.8 Å². The minimum atomic E-state index is -1.34. The summed E-state index contributed by atoms with van der Waals surface area (Å²) in [6.07, 6.45) is -6.34. The normalized spacial score (nSPS) is 22.2. The van der Waals surface area contributed by atoms with Gasteiger partial charge in [-0.2, -0.15) is 0 Å². The van der Waals surface area contributed by atoms with Gasteiger partial charge in [-0.1, -0.05) is 0 Å². The molecule has 5 atom stereocenters. The van der Waals surface area contributed by atoms with Crippen LogP contribution in [-0.4, -0.2) is 61.2 Å². The molecule has 1 aliphatic rings. The third-order valence-corrected chi connectivity index (χ3v) is 4.79. The van der Waals surface area contributed by atoms with Crippen LogP contribution < -0.4 is 10.4 Å². The van der Waals surface area contributed by atoms with Gasteiger partial charge in [-0.25, -0.2) is 4.79 Å². The number of ether oxygens (including phenoxy) is 6. The lowest BCUT2D eigenvalue weighted by atomic mass is 10.1. The summed E-state index contributed by atoms with van der Waals surface area (Å²) in [6, 6.07) is 7.47. The van der Waals surface area contributed by atoms with Crippen molar-refractivity contribution in [2.75, 3.05) is 6.61 Å². The zero-order valence-electron chi connectivity index (χ0n) is 19.4. The van der Waals surface area contributed by atoms with Gasteiger partial charge in [0.25, 0.3) is 0 Å². The maximum atomic E-state index is 11.8. The fourth-order valence-corrected chi connectivity index (χ4v) is 3.54. The smallest absolute Gasteiger partial charge is 0.336 e. The Morgan fingerprint density at radius 2 is 1.54 bits per heavy atom. The zero-order chi connectivity index (χ0) is 25.7. The third-order valence-electron chi connectivity index (χ3n) is 4.79. The highest BCUT2D eigenvalue weighted by atomic mass is 16.7. The fraction of sp³-hybridized carbons (Fsp3) is 0.435. The van der Waals surface area contributed by atoms with Crippen LogP contribution in [0.3, 0.4) is 0 Å². The molecule has 0 radical (unpaired) electrons. The lowest BCUT2D eigenvalue weighted by Crippen LogP contribution is -2.47. The quantitative estimate of drug-likeness (QED) is 0.296. The molecule has 1 aliphatic heterocycles. The molecule has 1 aromatic heterocycles. The number of rotatable bonds is 8. The van der Waals surface area contributed by atoms with E-state index in [-0.39, 0.29) is 11.3 Å². The molecule has 0 saturated carbocycles. The summed E-state index contributed by atoms with van der Waals surface area (Å²) in [5, 5.41) is 0.632. The van der Waals surface area contributed by atoms with Crippen molar-refractivity contribution < 1.29 is 52.0 Å². The van der Waals surface area contributed by atoms with Crippen LogP contribution >= 0.6 is 0 Å². The first-order valence-corrected chi connectivity index (χ1v) is 10.5. The highest BCUT2D eigenvalue weighted by Gasteiger charge is 2.54. The van der Waals surface area contributed by atoms with E-state index < -0.39 is 66.8 Å². The first-order valence-electron chi connectivity index (χ1n) is 10.5. The average Bonchev–Trinajstić information content (AvgIpc) is 3.06. The Morgan fingerprint density at radius 3 is 2.17 bits per heavy atom. The first-order chi connectivity index (χ1) is 16.5. The standard InChI is InChI=1S/C23H24O12/c1-11(24)29-10-18(30-12(2)25)20-21(31-13(3)26)22(32-14(4)27)23(35-20)33-16-7-5-15-6-8-19(28)34-17(15)9-16/h5-9,18,20-23H,10H2,1-4H3/t18-,20+,21-,22+,23+/m0/s1. The molecule has 1 aromatic carbocycles. The molecule has 2 heterocycles. The Hall–Kier alpha value is -3.93. The molecule has 3 rings (SSSR count). The number of hydrogen-bond acceptors (Lipinski definition) is 12. The van der Waals surface area contributed by atoms with E-state index in [1.807, 2.05) is 0 Å². The van der Waals surface area contributed by atoms with Crippen LogP contribution in [-0.2, 0) is 42.9 Å². The van der Waals surface area contributed by atoms with Crippen LogP contribution in [0.1, 0.15) is 27.7 Å². The SMILES string of the molecule is CC(=O)OC[C@H](OC(C)=O)[C@H]1O[C@@H](Oc2ccc3ccc(=O)oc3c2)[C@H](OC(C)=O)[C@H]1OC(C)=O. The number of fused-ring (bicyclic) bond motifs is 1. The van der Waals surface area contributed by atoms with E-state index in [2.05, 4.69) is 0 Å². The summed E-state index contributed by atoms with van der Waals surface area (Å²) >= 11 is 0. The minimum absolute atomic E-state index is 0.181. The molecular formula is C23H24O12. The molecule has 2 aromatic rings. The van der Waals surface area contributed by atoms with E-state index in [1.165, 1.54) is 12.1 Å². The predicted octanol–water partition coefficient (Wildman–Crippen LogP) is 1.25. The summed E-state index contributed by atoms with van der Waals surface area (Å²) in [5.74, 6) is -2.64. The van der Waals surface area contributed by atoms with Gasteiger partial charge in [0.15, 0.2) is 12.2 Å². The van der Waals surface area contributed by atoms with Crippen molar-refractivity contribution in [2.24, 2.45) is 0 Å². The van der Waals surface area contributed by atoms with Gasteiger partial charge >= 0.3 is 29.5 Å². The number of hydrogen-bond donors (Lipinski definition) is 0. The van der Waals surface area contributed by atoms with Crippen molar-refractivity contribution in [2.45, 2.75) is 58.4 Å². The van der Waals surface area contributed by atoms with E-state index in [1.54, 1.807) is 18.2 Å². The van der Waals surface area contributed by atoms with Crippen molar-refractivity contribution >= 4 is 34.8 Å². The molecule has 0 amide bonds. The Labute approximate surface area is 199 Å². The number of benzene rings is 1. The summed E-state index contributed by atoms with van der Waals surface area (Å²) in [4.78, 5) is 58.3. The van der Waals surface area contributed by atoms with Crippen molar-refractivity contribution in [1.82, 2.24) is 0 Å². The monoisotopic (exact) mass is 492 g/mol. The van der Waals surface area contributed by atoms with E-state index >= 15 is 0 Å². The lowest BCUT2D eigenvalue weighted by molar-refractivity contribution is -0.180. The molecule has 1 saturated heterocycles. The van der Waals surface area contributed by atoms with Crippen LogP contribution in [0.4, 0.5) is 0 Å². The van der Waals surface area contributed by atoms with E-state index in [9.17, 15) is 24.0 Å². The third kappa shape index (κ3) is 6.79. The average molecular weight is 492 g/mol. The highest BCUT2D eigenvalue weighted by Crippen LogP contribution is 2.33. The van der Waals surface area contributed by atoms with Gasteiger partial charge in [0.05, 0.1) is 0 Å². The Bertz CT molecular complexity index is 1170. The Balaban J connectivity index is 1.96. The summed E-state index contributed by atoms with van der Waals surface area (Å²) < 4.78 is 37.8. The summed E-state index contributed by atoms with van der Waals surface area (Å²) in [5.41, 5.74) is -0.327. The second kappa shape index (κ2) is 11.0. The lowest BCUT2D eigenvalue weighted by Gasteiger charge is -2.27. The topological polar surface area (TPSA) is 154 Å². The van der Waals surface area contributed by atoms with Crippen molar-refractivity contribution in [3.63, 3.8) is 0 Å². The molecule has 0 bridgehead atoms. The van der Waals surface area contributed by atoms with Crippen LogP contribution in [0.25, 0.3) is 11.0 Å². The number of esters is 4. The Kier molecular flexibility index (Phi) is 8.07. The van der Waals surface area contributed by atoms with Crippen molar-refractivity contribution in [1.29, 1.82) is 0 Å². The second-order valence-electron chi connectivity index (χ2n) is 7.64. The van der Waals surface area contributed by atoms with Crippen LogP contribution in [0.5, 0.6) is 5.75 Å². The number of carbonyl (C=O) groups is 4. The Morgan fingerprint density at radius 1 is 0.886 bits per heavy atom. The molecule has 188 valence electrons. The molecule has 35 heavy (non-hydrogen) atoms. The summed E-state index contributed by atoms with van der Waals surface area (Å²) in [7, 11) is 0. The molecule has 0 N–H and O–H groups in total. The van der Waals surface area contributed by atoms with Gasteiger partial charge in [0, 0.05) is 45.2 Å². The minimum Gasteiger partial charge on any atom is -0.462 e. The molecule has 0 aliphatic carbocycles. The zero-order valence-corrected chi connectivity index (χ0v) is 19.4. The number of carbonyl (C=O) groups excluding carboxylic acids is 4. The molecule has 12 heteroatoms. The summed E-state index contributed by atoms with van der Waals surface area (Å²) in [6.45, 7) is 4.15. The van der Waals surface area contributed by atoms with Crippen LogP contribution in [0.15, 0.2) is 39.5 Å². The fourth-order valence-electron chi connectivity index (χ4n) is 3.54.